The number of fused-ring (bicyclic) bond motifs is 2. The van der Waals surface area contributed by atoms with Gasteiger partial charge in [0.15, 0.2) is 5.65 Å². The molecule has 0 atom stereocenters. The predicted octanol–water partition coefficient (Wildman–Crippen LogP) is 1.63. The van der Waals surface area contributed by atoms with Crippen LogP contribution in [0.5, 0.6) is 0 Å². The van der Waals surface area contributed by atoms with E-state index < -0.39 is 0 Å². The van der Waals surface area contributed by atoms with E-state index >= 15 is 0 Å². The number of rotatable bonds is 3. The summed E-state index contributed by atoms with van der Waals surface area (Å²) in [6, 6.07) is 4.03. The molecule has 9 nitrogen and oxygen atoms in total. The highest BCUT2D eigenvalue weighted by molar-refractivity contribution is 5.69. The minimum atomic E-state index is 0.525. The van der Waals surface area contributed by atoms with Crippen LogP contribution >= 0.6 is 0 Å². The Labute approximate surface area is 148 Å². The minimum Gasteiger partial charge on any atom is -0.304 e. The van der Waals surface area contributed by atoms with E-state index in [1.54, 1.807) is 21.8 Å². The third kappa shape index (κ3) is 2.32. The summed E-state index contributed by atoms with van der Waals surface area (Å²) < 4.78 is 5.55. The maximum Gasteiger partial charge on any atom is 0.221 e. The number of aromatic nitrogens is 9. The van der Waals surface area contributed by atoms with Gasteiger partial charge in [0, 0.05) is 36.9 Å². The maximum absolute atomic E-state index is 4.69. The highest BCUT2D eigenvalue weighted by Crippen LogP contribution is 2.18. The number of nitrogens with zero attached hydrogens (tertiary/aromatic N) is 9. The smallest absolute Gasteiger partial charge is 0.221 e. The number of pyridine rings is 1. The minimum absolute atomic E-state index is 0.525. The predicted molar refractivity (Wildman–Crippen MR) is 94.4 cm³/mol. The average Bonchev–Trinajstić information content (AvgIpc) is 3.35. The zero-order valence-electron chi connectivity index (χ0n) is 14.3. The Morgan fingerprint density at radius 3 is 2.81 bits per heavy atom. The molecule has 26 heavy (non-hydrogen) atoms. The first-order chi connectivity index (χ1) is 12.7. The van der Waals surface area contributed by atoms with Crippen LogP contribution < -0.4 is 0 Å². The van der Waals surface area contributed by atoms with Crippen molar-refractivity contribution in [3.63, 3.8) is 0 Å². The molecule has 0 aliphatic rings. The lowest BCUT2D eigenvalue weighted by Gasteiger charge is -2.05. The molecule has 0 amide bonds. The molecule has 5 aromatic rings. The van der Waals surface area contributed by atoms with Gasteiger partial charge in [0.1, 0.15) is 5.65 Å². The van der Waals surface area contributed by atoms with Crippen molar-refractivity contribution in [3.8, 4) is 11.3 Å². The van der Waals surface area contributed by atoms with Crippen LogP contribution in [0.15, 0.2) is 43.1 Å². The van der Waals surface area contributed by atoms with Crippen LogP contribution in [0.4, 0.5) is 0 Å². The van der Waals surface area contributed by atoms with Crippen molar-refractivity contribution >= 4 is 16.9 Å². The molecule has 0 spiro atoms. The molecule has 0 N–H and O–H groups in total. The molecule has 0 unspecified atom stereocenters. The average molecular weight is 345 g/mol. The maximum atomic E-state index is 4.69. The molecule has 0 saturated carbocycles. The number of imidazole rings is 1. The molecule has 0 aromatic carbocycles. The molecular weight excluding hydrogens is 330 g/mol. The van der Waals surface area contributed by atoms with Crippen molar-refractivity contribution in [2.75, 3.05) is 0 Å². The SMILES string of the molecule is Cc1cnc2ccc(Cn3nnc4ncc(-c5cnn(C)c5)nc43)cn12. The van der Waals surface area contributed by atoms with Gasteiger partial charge in [-0.25, -0.2) is 19.6 Å². The summed E-state index contributed by atoms with van der Waals surface area (Å²) in [5.41, 5.74) is 5.92. The highest BCUT2D eigenvalue weighted by atomic mass is 15.5. The van der Waals surface area contributed by atoms with Crippen molar-refractivity contribution in [2.45, 2.75) is 13.5 Å². The van der Waals surface area contributed by atoms with E-state index in [9.17, 15) is 0 Å². The fraction of sp³-hybridized carbons (Fsp3) is 0.176. The third-order valence-electron chi connectivity index (χ3n) is 4.31. The Bertz CT molecular complexity index is 1240. The first kappa shape index (κ1) is 14.7. The molecule has 9 heteroatoms. The molecule has 0 bridgehead atoms. The molecular formula is C17H15N9. The van der Waals surface area contributed by atoms with E-state index in [1.807, 2.05) is 38.5 Å². The van der Waals surface area contributed by atoms with Crippen molar-refractivity contribution in [2.24, 2.45) is 7.05 Å². The molecule has 5 rings (SSSR count). The van der Waals surface area contributed by atoms with Gasteiger partial charge in [-0.05, 0) is 18.6 Å². The van der Waals surface area contributed by atoms with E-state index in [0.29, 0.717) is 17.8 Å². The number of aryl methyl sites for hydroxylation is 2. The van der Waals surface area contributed by atoms with E-state index in [-0.39, 0.29) is 0 Å². The standard InChI is InChI=1S/C17H15N9/c1-11-5-18-15-4-3-12(8-25(11)15)9-26-17-16(22-23-26)19-7-14(21-17)13-6-20-24(2)10-13/h3-8,10H,9H2,1-2H3. The van der Waals surface area contributed by atoms with Crippen LogP contribution in [0.1, 0.15) is 11.3 Å². The second-order valence-electron chi connectivity index (χ2n) is 6.22. The lowest BCUT2D eigenvalue weighted by Crippen LogP contribution is -2.04. The Kier molecular flexibility index (Phi) is 3.08. The van der Waals surface area contributed by atoms with E-state index in [4.69, 9.17) is 0 Å². The van der Waals surface area contributed by atoms with Gasteiger partial charge in [-0.2, -0.15) is 5.10 Å². The topological polar surface area (TPSA) is 91.6 Å². The largest absolute Gasteiger partial charge is 0.304 e. The van der Waals surface area contributed by atoms with Crippen molar-refractivity contribution < 1.29 is 0 Å². The van der Waals surface area contributed by atoms with Gasteiger partial charge in [0.25, 0.3) is 0 Å². The first-order valence-corrected chi connectivity index (χ1v) is 8.15. The molecule has 0 saturated heterocycles. The summed E-state index contributed by atoms with van der Waals surface area (Å²) in [5, 5.41) is 12.5. The van der Waals surface area contributed by atoms with Crippen molar-refractivity contribution in [1.82, 2.24) is 44.1 Å². The van der Waals surface area contributed by atoms with Gasteiger partial charge in [-0.1, -0.05) is 11.3 Å². The molecule has 0 radical (unpaired) electrons. The fourth-order valence-electron chi connectivity index (χ4n) is 2.97. The Hall–Kier alpha value is -3.62. The van der Waals surface area contributed by atoms with Crippen molar-refractivity contribution in [3.05, 3.63) is 54.4 Å². The van der Waals surface area contributed by atoms with Crippen LogP contribution in [0.25, 0.3) is 28.2 Å². The second-order valence-corrected chi connectivity index (χ2v) is 6.22. The monoisotopic (exact) mass is 345 g/mol. The first-order valence-electron chi connectivity index (χ1n) is 8.15. The van der Waals surface area contributed by atoms with E-state index in [0.717, 1.165) is 28.2 Å². The summed E-state index contributed by atoms with van der Waals surface area (Å²) in [6.45, 7) is 2.58. The molecule has 5 heterocycles. The van der Waals surface area contributed by atoms with Gasteiger partial charge < -0.3 is 4.40 Å². The quantitative estimate of drug-likeness (QED) is 0.493. The lowest BCUT2D eigenvalue weighted by molar-refractivity contribution is 0.662. The van der Waals surface area contributed by atoms with Crippen LogP contribution in [-0.2, 0) is 13.6 Å². The Morgan fingerprint density at radius 2 is 1.96 bits per heavy atom. The van der Waals surface area contributed by atoms with Crippen molar-refractivity contribution in [1.29, 1.82) is 0 Å². The number of hydrogen-bond donors (Lipinski definition) is 0. The Balaban J connectivity index is 1.56. The Morgan fingerprint density at radius 1 is 1.04 bits per heavy atom. The van der Waals surface area contributed by atoms with Crippen LogP contribution in [0.2, 0.25) is 0 Å². The number of hydrogen-bond acceptors (Lipinski definition) is 6. The second kappa shape index (κ2) is 5.45. The summed E-state index contributed by atoms with van der Waals surface area (Å²) in [7, 11) is 1.87. The van der Waals surface area contributed by atoms with Gasteiger partial charge in [-0.3, -0.25) is 4.68 Å². The third-order valence-corrected chi connectivity index (χ3v) is 4.31. The van der Waals surface area contributed by atoms with E-state index in [1.165, 1.54) is 0 Å². The van der Waals surface area contributed by atoms with Gasteiger partial charge >= 0.3 is 0 Å². The lowest BCUT2D eigenvalue weighted by atomic mass is 10.2. The normalized spacial score (nSPS) is 11.6. The summed E-state index contributed by atoms with van der Waals surface area (Å²) >= 11 is 0. The zero-order valence-corrected chi connectivity index (χ0v) is 14.3. The summed E-state index contributed by atoms with van der Waals surface area (Å²) in [6.07, 6.45) is 9.28. The van der Waals surface area contributed by atoms with Crippen LogP contribution in [0, 0.1) is 6.92 Å². The summed E-state index contributed by atoms with van der Waals surface area (Å²) in [4.78, 5) is 13.4. The molecule has 0 fully saturated rings. The van der Waals surface area contributed by atoms with Gasteiger partial charge in [-0.15, -0.1) is 5.10 Å². The molecule has 0 aliphatic carbocycles. The summed E-state index contributed by atoms with van der Waals surface area (Å²) in [5.74, 6) is 0. The van der Waals surface area contributed by atoms with Crippen LogP contribution in [0.3, 0.4) is 0 Å². The van der Waals surface area contributed by atoms with E-state index in [2.05, 4.69) is 41.0 Å². The van der Waals surface area contributed by atoms with Gasteiger partial charge in [0.05, 0.1) is 24.6 Å². The fourth-order valence-corrected chi connectivity index (χ4v) is 2.97. The highest BCUT2D eigenvalue weighted by Gasteiger charge is 2.12. The molecule has 5 aromatic heterocycles. The molecule has 128 valence electrons. The van der Waals surface area contributed by atoms with Gasteiger partial charge in [0.2, 0.25) is 5.65 Å². The van der Waals surface area contributed by atoms with Crippen LogP contribution in [-0.4, -0.2) is 44.1 Å². The zero-order chi connectivity index (χ0) is 17.7. The molecule has 0 aliphatic heterocycles.